The summed E-state index contributed by atoms with van der Waals surface area (Å²) in [5, 5.41) is 20.5. The molecule has 88 valence electrons. The van der Waals surface area contributed by atoms with Crippen LogP contribution in [0.1, 0.15) is 29.8 Å². The lowest BCUT2D eigenvalue weighted by Gasteiger charge is -2.12. The smallest absolute Gasteiger partial charge is 0.357 e. The summed E-state index contributed by atoms with van der Waals surface area (Å²) in [6, 6.07) is 0.224. The highest BCUT2D eigenvalue weighted by Gasteiger charge is 2.41. The number of oxazole rings is 1. The van der Waals surface area contributed by atoms with Gasteiger partial charge < -0.3 is 19.9 Å². The van der Waals surface area contributed by atoms with Gasteiger partial charge in [0.1, 0.15) is 6.26 Å². The molecule has 0 radical (unpaired) electrons. The molecule has 6 nitrogen and oxygen atoms in total. The van der Waals surface area contributed by atoms with Crippen LogP contribution < -0.4 is 5.32 Å². The number of aliphatic hydroxyl groups excluding tert-OH is 1. The molecule has 0 saturated heterocycles. The van der Waals surface area contributed by atoms with Crippen molar-refractivity contribution in [1.29, 1.82) is 0 Å². The molecule has 1 heterocycles. The second-order valence-electron chi connectivity index (χ2n) is 4.17. The van der Waals surface area contributed by atoms with Gasteiger partial charge in [-0.2, -0.15) is 4.98 Å². The van der Waals surface area contributed by atoms with Gasteiger partial charge in [-0.15, -0.1) is 0 Å². The van der Waals surface area contributed by atoms with Gasteiger partial charge in [-0.3, -0.25) is 0 Å². The van der Waals surface area contributed by atoms with E-state index in [9.17, 15) is 4.79 Å². The maximum absolute atomic E-state index is 10.5. The number of aromatic carboxylic acids is 1. The molecule has 1 fully saturated rings. The van der Waals surface area contributed by atoms with Crippen LogP contribution in [0.4, 0.5) is 6.01 Å². The summed E-state index contributed by atoms with van der Waals surface area (Å²) in [5.41, 5.74) is 0.0431. The number of hydrogen-bond donors (Lipinski definition) is 3. The van der Waals surface area contributed by atoms with Crippen LogP contribution in [0.25, 0.3) is 0 Å². The van der Waals surface area contributed by atoms with Gasteiger partial charge in [-0.1, -0.05) is 0 Å². The van der Waals surface area contributed by atoms with Crippen molar-refractivity contribution in [3.63, 3.8) is 0 Å². The molecular formula is C10H14N2O4. The van der Waals surface area contributed by atoms with Crippen molar-refractivity contribution < 1.29 is 19.4 Å². The van der Waals surface area contributed by atoms with E-state index in [0.717, 1.165) is 25.5 Å². The lowest BCUT2D eigenvalue weighted by Crippen LogP contribution is -2.17. The molecule has 0 aliphatic heterocycles. The summed E-state index contributed by atoms with van der Waals surface area (Å²) in [4.78, 5) is 14.3. The average Bonchev–Trinajstić information content (AvgIpc) is 2.84. The number of carbonyl (C=O) groups is 1. The molecule has 1 aromatic rings. The fraction of sp³-hybridized carbons (Fsp3) is 0.600. The largest absolute Gasteiger partial charge is 0.476 e. The van der Waals surface area contributed by atoms with Crippen LogP contribution in [-0.4, -0.2) is 34.3 Å². The Hall–Kier alpha value is -1.56. The van der Waals surface area contributed by atoms with E-state index in [1.54, 1.807) is 0 Å². The minimum Gasteiger partial charge on any atom is -0.476 e. The third-order valence-corrected chi connectivity index (χ3v) is 2.94. The monoisotopic (exact) mass is 226 g/mol. The van der Waals surface area contributed by atoms with Gasteiger partial charge in [-0.05, 0) is 24.7 Å². The molecular weight excluding hydrogens is 212 g/mol. The molecule has 0 spiro atoms. The fourth-order valence-electron chi connectivity index (χ4n) is 1.65. The summed E-state index contributed by atoms with van der Waals surface area (Å²) in [6.07, 6.45) is 4.02. The first kappa shape index (κ1) is 10.9. The highest BCUT2D eigenvalue weighted by atomic mass is 16.4. The number of carboxylic acid groups (broad SMARTS) is 1. The van der Waals surface area contributed by atoms with Crippen molar-refractivity contribution in [2.45, 2.75) is 19.3 Å². The van der Waals surface area contributed by atoms with Crippen LogP contribution in [0.3, 0.4) is 0 Å². The third kappa shape index (κ3) is 2.33. The number of anilines is 1. The Kier molecular flexibility index (Phi) is 2.82. The topological polar surface area (TPSA) is 95.6 Å². The van der Waals surface area contributed by atoms with Crippen molar-refractivity contribution in [3.05, 3.63) is 12.0 Å². The molecule has 1 aliphatic rings. The molecule has 1 aromatic heterocycles. The summed E-state index contributed by atoms with van der Waals surface area (Å²) in [7, 11) is 0. The molecule has 0 amide bonds. The summed E-state index contributed by atoms with van der Waals surface area (Å²) in [5.74, 6) is -1.10. The predicted octanol–water partition coefficient (Wildman–Crippen LogP) is 0.947. The number of hydrogen-bond acceptors (Lipinski definition) is 5. The maximum Gasteiger partial charge on any atom is 0.357 e. The quantitative estimate of drug-likeness (QED) is 0.668. The summed E-state index contributed by atoms with van der Waals surface area (Å²) in [6.45, 7) is 0.834. The molecule has 6 heteroatoms. The zero-order chi connectivity index (χ0) is 11.6. The highest BCUT2D eigenvalue weighted by molar-refractivity contribution is 5.85. The third-order valence-electron chi connectivity index (χ3n) is 2.94. The second-order valence-corrected chi connectivity index (χ2v) is 4.17. The average molecular weight is 226 g/mol. The molecule has 1 aliphatic carbocycles. The van der Waals surface area contributed by atoms with Gasteiger partial charge in [0, 0.05) is 13.2 Å². The van der Waals surface area contributed by atoms with Crippen LogP contribution in [0, 0.1) is 5.41 Å². The van der Waals surface area contributed by atoms with E-state index in [-0.39, 0.29) is 23.7 Å². The van der Waals surface area contributed by atoms with E-state index in [4.69, 9.17) is 14.6 Å². The zero-order valence-electron chi connectivity index (χ0n) is 8.77. The number of aliphatic hydroxyl groups is 1. The number of rotatable bonds is 6. The molecule has 16 heavy (non-hydrogen) atoms. The van der Waals surface area contributed by atoms with E-state index in [2.05, 4.69) is 10.3 Å². The first-order valence-electron chi connectivity index (χ1n) is 5.19. The van der Waals surface area contributed by atoms with Gasteiger partial charge in [0.25, 0.3) is 6.01 Å². The molecule has 0 atom stereocenters. The second kappa shape index (κ2) is 4.13. The first-order valence-corrected chi connectivity index (χ1v) is 5.19. The SMILES string of the molecule is O=C(O)c1coc(NCC2(CCO)CC2)n1. The molecule has 1 saturated carbocycles. The van der Waals surface area contributed by atoms with E-state index in [1.165, 1.54) is 0 Å². The molecule has 2 rings (SSSR count). The molecule has 0 unspecified atom stereocenters. The van der Waals surface area contributed by atoms with Crippen molar-refractivity contribution in [2.75, 3.05) is 18.5 Å². The van der Waals surface area contributed by atoms with Gasteiger partial charge in [0.15, 0.2) is 5.69 Å². The normalized spacial score (nSPS) is 17.1. The first-order chi connectivity index (χ1) is 7.65. The summed E-state index contributed by atoms with van der Waals surface area (Å²) >= 11 is 0. The number of carboxylic acids is 1. The van der Waals surface area contributed by atoms with Crippen LogP contribution >= 0.6 is 0 Å². The molecule has 0 bridgehead atoms. The minimum atomic E-state index is -1.10. The Morgan fingerprint density at radius 2 is 2.38 bits per heavy atom. The van der Waals surface area contributed by atoms with Crippen molar-refractivity contribution in [3.8, 4) is 0 Å². The van der Waals surface area contributed by atoms with Crippen molar-refractivity contribution >= 4 is 12.0 Å². The zero-order valence-corrected chi connectivity index (χ0v) is 8.77. The Labute approximate surface area is 92.3 Å². The van der Waals surface area contributed by atoms with Gasteiger partial charge >= 0.3 is 5.97 Å². The standard InChI is InChI=1S/C10H14N2O4/c13-4-3-10(1-2-10)6-11-9-12-7(5-16-9)8(14)15/h5,13H,1-4,6H2,(H,11,12)(H,14,15). The minimum absolute atomic E-state index is 0.102. The Morgan fingerprint density at radius 3 is 2.88 bits per heavy atom. The Morgan fingerprint density at radius 1 is 1.62 bits per heavy atom. The molecule has 3 N–H and O–H groups in total. The van der Waals surface area contributed by atoms with E-state index in [0.29, 0.717) is 6.54 Å². The Bertz CT molecular complexity index is 384. The van der Waals surface area contributed by atoms with E-state index < -0.39 is 5.97 Å². The van der Waals surface area contributed by atoms with Gasteiger partial charge in [0.05, 0.1) is 0 Å². The highest BCUT2D eigenvalue weighted by Crippen LogP contribution is 2.48. The van der Waals surface area contributed by atoms with Crippen molar-refractivity contribution in [2.24, 2.45) is 5.41 Å². The molecule has 0 aromatic carbocycles. The number of aromatic nitrogens is 1. The predicted molar refractivity (Wildman–Crippen MR) is 55.3 cm³/mol. The lowest BCUT2D eigenvalue weighted by molar-refractivity contribution is 0.0690. The van der Waals surface area contributed by atoms with E-state index >= 15 is 0 Å². The van der Waals surface area contributed by atoms with Gasteiger partial charge in [0.2, 0.25) is 0 Å². The van der Waals surface area contributed by atoms with Crippen LogP contribution in [-0.2, 0) is 0 Å². The van der Waals surface area contributed by atoms with Crippen molar-refractivity contribution in [1.82, 2.24) is 4.98 Å². The van der Waals surface area contributed by atoms with Crippen LogP contribution in [0.2, 0.25) is 0 Å². The Balaban J connectivity index is 1.87. The van der Waals surface area contributed by atoms with E-state index in [1.807, 2.05) is 0 Å². The van der Waals surface area contributed by atoms with Gasteiger partial charge in [-0.25, -0.2) is 4.79 Å². The number of nitrogens with one attached hydrogen (secondary N) is 1. The summed E-state index contributed by atoms with van der Waals surface area (Å²) < 4.78 is 4.96. The number of nitrogens with zero attached hydrogens (tertiary/aromatic N) is 1. The fourth-order valence-corrected chi connectivity index (χ4v) is 1.65. The lowest BCUT2D eigenvalue weighted by atomic mass is 10.0. The van der Waals surface area contributed by atoms with Crippen LogP contribution in [0.5, 0.6) is 0 Å². The van der Waals surface area contributed by atoms with Crippen LogP contribution in [0.15, 0.2) is 10.7 Å². The maximum atomic E-state index is 10.5.